The van der Waals surface area contributed by atoms with E-state index in [-0.39, 0.29) is 12.3 Å². The lowest BCUT2D eigenvalue weighted by molar-refractivity contribution is -0.143. The summed E-state index contributed by atoms with van der Waals surface area (Å²) < 4.78 is 0. The Kier molecular flexibility index (Phi) is 12.8. The van der Waals surface area contributed by atoms with Gasteiger partial charge in [-0.2, -0.15) is 0 Å². The molecule has 4 atom stereocenters. The number of hydrogen-bond acceptors (Lipinski definition) is 8. The maximum atomic E-state index is 12.7. The van der Waals surface area contributed by atoms with Crippen LogP contribution in [-0.2, 0) is 33.6 Å². The van der Waals surface area contributed by atoms with Crippen LogP contribution in [0.5, 0.6) is 0 Å². The number of carboxylic acids is 2. The van der Waals surface area contributed by atoms with Crippen LogP contribution in [0.2, 0.25) is 0 Å². The van der Waals surface area contributed by atoms with Gasteiger partial charge in [0.2, 0.25) is 29.5 Å². The van der Waals surface area contributed by atoms with Gasteiger partial charge >= 0.3 is 11.9 Å². The molecule has 0 saturated carbocycles. The van der Waals surface area contributed by atoms with E-state index in [1.165, 1.54) is 0 Å². The van der Waals surface area contributed by atoms with E-state index in [1.807, 2.05) is 0 Å². The fraction of sp³-hybridized carbons (Fsp3) is 0.632. The summed E-state index contributed by atoms with van der Waals surface area (Å²) in [5.74, 6) is -7.67. The highest BCUT2D eigenvalue weighted by Gasteiger charge is 2.31. The van der Waals surface area contributed by atoms with Crippen LogP contribution >= 0.6 is 0 Å². The first-order valence-electron chi connectivity index (χ1n) is 10.3. The summed E-state index contributed by atoms with van der Waals surface area (Å²) in [6.45, 7) is 3.46. The van der Waals surface area contributed by atoms with Gasteiger partial charge in [0.05, 0.1) is 18.9 Å². The molecule has 15 nitrogen and oxygen atoms in total. The van der Waals surface area contributed by atoms with E-state index in [0.29, 0.717) is 0 Å². The number of aliphatic carboxylic acids is 2. The van der Waals surface area contributed by atoms with Crippen molar-refractivity contribution in [2.75, 3.05) is 0 Å². The molecule has 0 aromatic carbocycles. The van der Waals surface area contributed by atoms with E-state index in [1.54, 1.807) is 13.8 Å². The second-order valence-corrected chi connectivity index (χ2v) is 8.03. The van der Waals surface area contributed by atoms with E-state index >= 15 is 0 Å². The molecule has 34 heavy (non-hydrogen) atoms. The number of amides is 5. The third-order valence-corrected chi connectivity index (χ3v) is 4.40. The fourth-order valence-electron chi connectivity index (χ4n) is 2.77. The van der Waals surface area contributed by atoms with Crippen molar-refractivity contribution in [3.63, 3.8) is 0 Å². The third kappa shape index (κ3) is 12.3. The normalized spacial score (nSPS) is 14.2. The van der Waals surface area contributed by atoms with Crippen LogP contribution < -0.4 is 33.2 Å². The van der Waals surface area contributed by atoms with Crippen LogP contribution in [0.1, 0.15) is 46.0 Å². The molecule has 0 aromatic rings. The smallest absolute Gasteiger partial charge is 0.326 e. The Hall–Kier alpha value is -3.75. The Morgan fingerprint density at radius 3 is 1.65 bits per heavy atom. The highest BCUT2D eigenvalue weighted by Crippen LogP contribution is 2.07. The monoisotopic (exact) mass is 488 g/mol. The van der Waals surface area contributed by atoms with Gasteiger partial charge in [0.1, 0.15) is 18.1 Å². The van der Waals surface area contributed by atoms with Crippen molar-refractivity contribution in [1.82, 2.24) is 16.0 Å². The second-order valence-electron chi connectivity index (χ2n) is 8.03. The molecule has 0 spiro atoms. The number of carbonyl (C=O) groups is 7. The standard InChI is InChI=1S/C19H32N6O9/c1-8(2)5-12(19(33)34)25-17(31)10(3-4-15(28)29)23-18(32)11(7-14(22)27)24-16(30)9(20)6-13(21)26/h8-12H,3-7,20H2,1-2H3,(H2,21,26)(H2,22,27)(H,23,32)(H,24,30)(H,25,31)(H,28,29)(H,33,34). The van der Waals surface area contributed by atoms with Crippen molar-refractivity contribution in [2.24, 2.45) is 23.1 Å². The lowest BCUT2D eigenvalue weighted by atomic mass is 10.0. The zero-order chi connectivity index (χ0) is 26.6. The van der Waals surface area contributed by atoms with Crippen molar-refractivity contribution in [1.29, 1.82) is 0 Å². The highest BCUT2D eigenvalue weighted by molar-refractivity contribution is 5.97. The van der Waals surface area contributed by atoms with Crippen LogP contribution in [0.3, 0.4) is 0 Å². The molecule has 0 aliphatic rings. The van der Waals surface area contributed by atoms with Gasteiger partial charge in [-0.25, -0.2) is 4.79 Å². The average Bonchev–Trinajstić information content (AvgIpc) is 2.68. The molecule has 0 saturated heterocycles. The summed E-state index contributed by atoms with van der Waals surface area (Å²) in [4.78, 5) is 82.2. The van der Waals surface area contributed by atoms with E-state index < -0.39 is 91.3 Å². The predicted molar refractivity (Wildman–Crippen MR) is 115 cm³/mol. The van der Waals surface area contributed by atoms with Crippen molar-refractivity contribution >= 4 is 41.5 Å². The van der Waals surface area contributed by atoms with Crippen molar-refractivity contribution in [3.8, 4) is 0 Å². The van der Waals surface area contributed by atoms with Gasteiger partial charge in [-0.1, -0.05) is 13.8 Å². The molecule has 0 aromatic heterocycles. The molecule has 0 bridgehead atoms. The minimum Gasteiger partial charge on any atom is -0.481 e. The van der Waals surface area contributed by atoms with Gasteiger partial charge in [-0.3, -0.25) is 28.8 Å². The quantitative estimate of drug-likeness (QED) is 0.106. The molecule has 0 rings (SSSR count). The molecular formula is C19H32N6O9. The van der Waals surface area contributed by atoms with Gasteiger partial charge < -0.3 is 43.4 Å². The molecule has 4 unspecified atom stereocenters. The van der Waals surface area contributed by atoms with E-state index in [2.05, 4.69) is 16.0 Å². The fourth-order valence-corrected chi connectivity index (χ4v) is 2.77. The summed E-state index contributed by atoms with van der Waals surface area (Å²) in [7, 11) is 0. The van der Waals surface area contributed by atoms with Crippen LogP contribution in [0.25, 0.3) is 0 Å². The van der Waals surface area contributed by atoms with E-state index in [4.69, 9.17) is 22.3 Å². The van der Waals surface area contributed by atoms with Gasteiger partial charge in [0.15, 0.2) is 0 Å². The Morgan fingerprint density at radius 2 is 1.21 bits per heavy atom. The van der Waals surface area contributed by atoms with Crippen molar-refractivity contribution in [2.45, 2.75) is 70.1 Å². The summed E-state index contributed by atoms with van der Waals surface area (Å²) in [5.41, 5.74) is 15.6. The molecule has 15 heteroatoms. The molecular weight excluding hydrogens is 456 g/mol. The molecule has 0 aliphatic heterocycles. The first-order chi connectivity index (χ1) is 15.6. The zero-order valence-electron chi connectivity index (χ0n) is 18.9. The molecule has 0 fully saturated rings. The van der Waals surface area contributed by atoms with Crippen molar-refractivity contribution < 1.29 is 43.8 Å². The predicted octanol–water partition coefficient (Wildman–Crippen LogP) is -3.49. The first-order valence-corrected chi connectivity index (χ1v) is 10.3. The average molecular weight is 488 g/mol. The van der Waals surface area contributed by atoms with Gasteiger partial charge in [-0.05, 0) is 18.8 Å². The molecule has 0 heterocycles. The number of hydrogen-bond donors (Lipinski definition) is 8. The Balaban J connectivity index is 5.61. The largest absolute Gasteiger partial charge is 0.481 e. The maximum Gasteiger partial charge on any atom is 0.326 e. The second kappa shape index (κ2) is 14.4. The Labute approximate surface area is 195 Å². The number of rotatable bonds is 16. The first kappa shape index (κ1) is 30.2. The minimum absolute atomic E-state index is 0.0682. The molecule has 0 radical (unpaired) electrons. The summed E-state index contributed by atoms with van der Waals surface area (Å²) in [6.07, 6.45) is -2.17. The van der Waals surface area contributed by atoms with Crippen LogP contribution in [0, 0.1) is 5.92 Å². The number of nitrogens with one attached hydrogen (secondary N) is 3. The van der Waals surface area contributed by atoms with Crippen LogP contribution in [0.4, 0.5) is 0 Å². The lowest BCUT2D eigenvalue weighted by Crippen LogP contribution is -2.58. The molecule has 192 valence electrons. The number of nitrogens with two attached hydrogens (primary N) is 3. The van der Waals surface area contributed by atoms with Crippen LogP contribution in [0.15, 0.2) is 0 Å². The third-order valence-electron chi connectivity index (χ3n) is 4.40. The number of carbonyl (C=O) groups excluding carboxylic acids is 5. The van der Waals surface area contributed by atoms with E-state index in [9.17, 15) is 38.7 Å². The maximum absolute atomic E-state index is 12.7. The SMILES string of the molecule is CC(C)CC(NC(=O)C(CCC(=O)O)NC(=O)C(CC(N)=O)NC(=O)C(N)CC(N)=O)C(=O)O. The highest BCUT2D eigenvalue weighted by atomic mass is 16.4. The van der Waals surface area contributed by atoms with Gasteiger partial charge in [-0.15, -0.1) is 0 Å². The minimum atomic E-state index is -1.62. The van der Waals surface area contributed by atoms with Gasteiger partial charge in [0, 0.05) is 6.42 Å². The number of carboxylic acid groups (broad SMARTS) is 2. The van der Waals surface area contributed by atoms with Crippen molar-refractivity contribution in [3.05, 3.63) is 0 Å². The molecule has 11 N–H and O–H groups in total. The van der Waals surface area contributed by atoms with E-state index in [0.717, 1.165) is 0 Å². The Bertz CT molecular complexity index is 801. The summed E-state index contributed by atoms with van der Waals surface area (Å²) in [6, 6.07) is -5.86. The topological polar surface area (TPSA) is 274 Å². The Morgan fingerprint density at radius 1 is 0.735 bits per heavy atom. The summed E-state index contributed by atoms with van der Waals surface area (Å²) >= 11 is 0. The molecule has 0 aliphatic carbocycles. The zero-order valence-corrected chi connectivity index (χ0v) is 18.9. The van der Waals surface area contributed by atoms with Crippen LogP contribution in [-0.4, -0.2) is 75.9 Å². The number of primary amides is 2. The van der Waals surface area contributed by atoms with Gasteiger partial charge in [0.25, 0.3) is 0 Å². The summed E-state index contributed by atoms with van der Waals surface area (Å²) in [5, 5.41) is 24.8. The molecule has 5 amide bonds. The lowest BCUT2D eigenvalue weighted by Gasteiger charge is -2.25.